The van der Waals surface area contributed by atoms with Crippen LogP contribution >= 0.6 is 0 Å². The van der Waals surface area contributed by atoms with Gasteiger partial charge in [-0.15, -0.1) is 0 Å². The number of para-hydroxylation sites is 1. The zero-order valence-electron chi connectivity index (χ0n) is 14.5. The number of carbonyl (C=O) groups is 2. The quantitative estimate of drug-likeness (QED) is 0.687. The van der Waals surface area contributed by atoms with Crippen molar-refractivity contribution in [1.29, 1.82) is 0 Å². The standard InChI is InChI=1S/C20H19NO5/c1-24-15-9-7-13(8-10-15)16(12-19(22)25-2)21-20(23)18-11-14-5-3-4-6-17(14)26-18/h3-11,16H,12H2,1-2H3,(H,21,23)/t16-/m0/s1. The molecule has 0 spiro atoms. The molecule has 0 aliphatic carbocycles. The van der Waals surface area contributed by atoms with Crippen LogP contribution in [0.1, 0.15) is 28.6 Å². The summed E-state index contributed by atoms with van der Waals surface area (Å²) in [6.07, 6.45) is 0.00873. The molecule has 26 heavy (non-hydrogen) atoms. The lowest BCUT2D eigenvalue weighted by Crippen LogP contribution is -2.30. The van der Waals surface area contributed by atoms with Crippen molar-refractivity contribution >= 4 is 22.8 Å². The molecule has 1 atom stereocenters. The third-order valence-corrected chi connectivity index (χ3v) is 4.07. The summed E-state index contributed by atoms with van der Waals surface area (Å²) in [5.74, 6) is 0.0606. The number of rotatable bonds is 6. The molecule has 2 aromatic carbocycles. The maximum absolute atomic E-state index is 12.6. The lowest BCUT2D eigenvalue weighted by Gasteiger charge is -2.18. The highest BCUT2D eigenvalue weighted by atomic mass is 16.5. The minimum Gasteiger partial charge on any atom is -0.497 e. The molecule has 0 aliphatic heterocycles. The summed E-state index contributed by atoms with van der Waals surface area (Å²) >= 11 is 0. The lowest BCUT2D eigenvalue weighted by atomic mass is 10.0. The van der Waals surface area contributed by atoms with E-state index in [0.29, 0.717) is 11.3 Å². The molecular weight excluding hydrogens is 334 g/mol. The number of fused-ring (bicyclic) bond motifs is 1. The van der Waals surface area contributed by atoms with Gasteiger partial charge >= 0.3 is 5.97 Å². The molecule has 1 N–H and O–H groups in total. The number of amides is 1. The molecule has 0 saturated carbocycles. The molecule has 134 valence electrons. The Balaban J connectivity index is 1.83. The maximum Gasteiger partial charge on any atom is 0.307 e. The van der Waals surface area contributed by atoms with E-state index in [1.807, 2.05) is 18.2 Å². The van der Waals surface area contributed by atoms with E-state index in [0.717, 1.165) is 10.9 Å². The molecule has 0 radical (unpaired) electrons. The second-order valence-electron chi connectivity index (χ2n) is 5.73. The topological polar surface area (TPSA) is 77.8 Å². The Labute approximate surface area is 150 Å². The minimum atomic E-state index is -0.547. The molecule has 3 aromatic rings. The smallest absolute Gasteiger partial charge is 0.307 e. The summed E-state index contributed by atoms with van der Waals surface area (Å²) in [4.78, 5) is 24.4. The molecule has 0 bridgehead atoms. The number of esters is 1. The second-order valence-corrected chi connectivity index (χ2v) is 5.73. The zero-order valence-corrected chi connectivity index (χ0v) is 14.5. The van der Waals surface area contributed by atoms with Crippen molar-refractivity contribution in [2.24, 2.45) is 0 Å². The van der Waals surface area contributed by atoms with Crippen molar-refractivity contribution in [1.82, 2.24) is 5.32 Å². The van der Waals surface area contributed by atoms with Crippen LogP contribution in [-0.4, -0.2) is 26.1 Å². The van der Waals surface area contributed by atoms with Crippen molar-refractivity contribution in [2.75, 3.05) is 14.2 Å². The van der Waals surface area contributed by atoms with E-state index < -0.39 is 17.9 Å². The van der Waals surface area contributed by atoms with E-state index in [1.165, 1.54) is 7.11 Å². The Morgan fingerprint density at radius 3 is 2.46 bits per heavy atom. The number of ether oxygens (including phenoxy) is 2. The van der Waals surface area contributed by atoms with Crippen LogP contribution in [0.15, 0.2) is 59.0 Å². The third kappa shape index (κ3) is 3.85. The highest BCUT2D eigenvalue weighted by molar-refractivity contribution is 5.96. The first-order valence-electron chi connectivity index (χ1n) is 8.11. The van der Waals surface area contributed by atoms with Crippen molar-refractivity contribution in [3.05, 3.63) is 65.9 Å². The van der Waals surface area contributed by atoms with Gasteiger partial charge in [0, 0.05) is 5.39 Å². The summed E-state index contributed by atoms with van der Waals surface area (Å²) in [5.41, 5.74) is 1.40. The van der Waals surface area contributed by atoms with Gasteiger partial charge in [0.1, 0.15) is 11.3 Å². The van der Waals surface area contributed by atoms with Crippen molar-refractivity contribution in [3.63, 3.8) is 0 Å². The van der Waals surface area contributed by atoms with Crippen LogP contribution in [0.3, 0.4) is 0 Å². The fourth-order valence-corrected chi connectivity index (χ4v) is 2.66. The van der Waals surface area contributed by atoms with Crippen LogP contribution < -0.4 is 10.1 Å². The van der Waals surface area contributed by atoms with Gasteiger partial charge in [-0.05, 0) is 29.8 Å². The molecule has 6 heteroatoms. The van der Waals surface area contributed by atoms with Crippen LogP contribution in [0.2, 0.25) is 0 Å². The van der Waals surface area contributed by atoms with E-state index in [4.69, 9.17) is 13.9 Å². The molecule has 0 aliphatic rings. The minimum absolute atomic E-state index is 0.00873. The number of hydrogen-bond donors (Lipinski definition) is 1. The number of benzene rings is 2. The highest BCUT2D eigenvalue weighted by Crippen LogP contribution is 2.23. The van der Waals surface area contributed by atoms with Crippen molar-refractivity contribution < 1.29 is 23.5 Å². The predicted octanol–water partition coefficient (Wildman–Crippen LogP) is 3.48. The Morgan fingerprint density at radius 2 is 1.81 bits per heavy atom. The van der Waals surface area contributed by atoms with Crippen LogP contribution in [-0.2, 0) is 9.53 Å². The average Bonchev–Trinajstić information content (AvgIpc) is 3.11. The van der Waals surface area contributed by atoms with Gasteiger partial charge in [-0.3, -0.25) is 9.59 Å². The Kier molecular flexibility index (Phi) is 5.22. The first kappa shape index (κ1) is 17.5. The summed E-state index contributed by atoms with van der Waals surface area (Å²) in [6.45, 7) is 0. The van der Waals surface area contributed by atoms with Gasteiger partial charge in [-0.25, -0.2) is 0 Å². The largest absolute Gasteiger partial charge is 0.497 e. The molecular formula is C20H19NO5. The molecule has 0 fully saturated rings. The molecule has 1 amide bonds. The van der Waals surface area contributed by atoms with Crippen molar-refractivity contribution in [2.45, 2.75) is 12.5 Å². The van der Waals surface area contributed by atoms with Gasteiger partial charge in [0.2, 0.25) is 0 Å². The van der Waals surface area contributed by atoms with Gasteiger partial charge in [-0.2, -0.15) is 0 Å². The monoisotopic (exact) mass is 353 g/mol. The van der Waals surface area contributed by atoms with Gasteiger partial charge in [-0.1, -0.05) is 30.3 Å². The van der Waals surface area contributed by atoms with Crippen LogP contribution in [0.5, 0.6) is 5.75 Å². The second kappa shape index (κ2) is 7.74. The lowest BCUT2D eigenvalue weighted by molar-refractivity contribution is -0.141. The fraction of sp³-hybridized carbons (Fsp3) is 0.200. The first-order chi connectivity index (χ1) is 12.6. The Hall–Kier alpha value is -3.28. The van der Waals surface area contributed by atoms with Gasteiger partial charge < -0.3 is 19.2 Å². The maximum atomic E-state index is 12.6. The van der Waals surface area contributed by atoms with Gasteiger partial charge in [0.05, 0.1) is 26.7 Å². The molecule has 0 unspecified atom stereocenters. The average molecular weight is 353 g/mol. The molecule has 1 aromatic heterocycles. The van der Waals surface area contributed by atoms with Crippen LogP contribution in [0.4, 0.5) is 0 Å². The Bertz CT molecular complexity index is 880. The van der Waals surface area contributed by atoms with Crippen LogP contribution in [0, 0.1) is 0 Å². The van der Waals surface area contributed by atoms with Gasteiger partial charge in [0.25, 0.3) is 5.91 Å². The zero-order chi connectivity index (χ0) is 18.5. The summed E-state index contributed by atoms with van der Waals surface area (Å²) < 4.78 is 15.5. The van der Waals surface area contributed by atoms with E-state index in [2.05, 4.69) is 5.32 Å². The van der Waals surface area contributed by atoms with Gasteiger partial charge in [0.15, 0.2) is 5.76 Å². The summed E-state index contributed by atoms with van der Waals surface area (Å²) in [7, 11) is 2.89. The molecule has 6 nitrogen and oxygen atoms in total. The number of hydrogen-bond acceptors (Lipinski definition) is 5. The highest BCUT2D eigenvalue weighted by Gasteiger charge is 2.21. The number of methoxy groups -OCH3 is 2. The molecule has 3 rings (SSSR count). The molecule has 0 saturated heterocycles. The number of carbonyl (C=O) groups excluding carboxylic acids is 2. The predicted molar refractivity (Wildman–Crippen MR) is 96.0 cm³/mol. The third-order valence-electron chi connectivity index (χ3n) is 4.07. The number of nitrogens with one attached hydrogen (secondary N) is 1. The van der Waals surface area contributed by atoms with E-state index in [1.54, 1.807) is 43.5 Å². The number of furan rings is 1. The van der Waals surface area contributed by atoms with E-state index in [-0.39, 0.29) is 12.2 Å². The normalized spacial score (nSPS) is 11.8. The SMILES string of the molecule is COC(=O)C[C@H](NC(=O)c1cc2ccccc2o1)c1ccc(OC)cc1. The summed E-state index contributed by atoms with van der Waals surface area (Å²) in [6, 6.07) is 15.6. The molecule has 1 heterocycles. The first-order valence-corrected chi connectivity index (χ1v) is 8.11. The summed E-state index contributed by atoms with van der Waals surface area (Å²) in [5, 5.41) is 3.68. The van der Waals surface area contributed by atoms with E-state index >= 15 is 0 Å². The fourth-order valence-electron chi connectivity index (χ4n) is 2.66. The van der Waals surface area contributed by atoms with Crippen molar-refractivity contribution in [3.8, 4) is 5.75 Å². The van der Waals surface area contributed by atoms with Crippen LogP contribution in [0.25, 0.3) is 11.0 Å². The Morgan fingerprint density at radius 1 is 1.08 bits per heavy atom. The van der Waals surface area contributed by atoms with E-state index in [9.17, 15) is 9.59 Å².